The van der Waals surface area contributed by atoms with Gasteiger partial charge in [0.05, 0.1) is 0 Å². The SMILES string of the molecule is O=C(CCCl)N(C1CC1)[C@@H]1CCSC1. The van der Waals surface area contributed by atoms with Gasteiger partial charge in [0.15, 0.2) is 0 Å². The van der Waals surface area contributed by atoms with E-state index in [-0.39, 0.29) is 5.91 Å². The molecule has 1 saturated carbocycles. The second-order valence-corrected chi connectivity index (χ2v) is 5.52. The summed E-state index contributed by atoms with van der Waals surface area (Å²) in [7, 11) is 0. The summed E-state index contributed by atoms with van der Waals surface area (Å²) in [6.45, 7) is 0. The third-order valence-electron chi connectivity index (χ3n) is 2.84. The highest BCUT2D eigenvalue weighted by Gasteiger charge is 2.37. The first kappa shape index (κ1) is 10.6. The van der Waals surface area contributed by atoms with Crippen LogP contribution >= 0.6 is 23.4 Å². The third-order valence-corrected chi connectivity index (χ3v) is 4.17. The van der Waals surface area contributed by atoms with Gasteiger partial charge in [0.1, 0.15) is 0 Å². The zero-order valence-corrected chi connectivity index (χ0v) is 9.82. The van der Waals surface area contributed by atoms with Crippen molar-refractivity contribution in [2.45, 2.75) is 37.8 Å². The van der Waals surface area contributed by atoms with E-state index in [4.69, 9.17) is 11.6 Å². The maximum absolute atomic E-state index is 11.8. The van der Waals surface area contributed by atoms with E-state index >= 15 is 0 Å². The van der Waals surface area contributed by atoms with Crippen LogP contribution in [0.1, 0.15) is 25.7 Å². The quantitative estimate of drug-likeness (QED) is 0.694. The summed E-state index contributed by atoms with van der Waals surface area (Å²) in [5.74, 6) is 3.07. The fourth-order valence-corrected chi connectivity index (χ4v) is 3.38. The van der Waals surface area contributed by atoms with Gasteiger partial charge in [-0.05, 0) is 25.0 Å². The van der Waals surface area contributed by atoms with E-state index in [0.29, 0.717) is 24.4 Å². The molecule has 1 heterocycles. The number of carbonyl (C=O) groups excluding carboxylic acids is 1. The first-order chi connectivity index (χ1) is 6.83. The lowest BCUT2D eigenvalue weighted by Gasteiger charge is -2.28. The average Bonchev–Trinajstić information content (AvgIpc) is 2.82. The maximum Gasteiger partial charge on any atom is 0.224 e. The first-order valence-corrected chi connectivity index (χ1v) is 6.96. The minimum absolute atomic E-state index is 0.273. The third kappa shape index (κ3) is 2.37. The van der Waals surface area contributed by atoms with E-state index in [2.05, 4.69) is 4.90 Å². The van der Waals surface area contributed by atoms with E-state index in [0.717, 1.165) is 5.75 Å². The number of alkyl halides is 1. The summed E-state index contributed by atoms with van der Waals surface area (Å²) in [6, 6.07) is 1.05. The van der Waals surface area contributed by atoms with Gasteiger partial charge < -0.3 is 4.90 Å². The Hall–Kier alpha value is 0.110. The van der Waals surface area contributed by atoms with E-state index in [9.17, 15) is 4.79 Å². The molecule has 2 rings (SSSR count). The molecule has 0 unspecified atom stereocenters. The van der Waals surface area contributed by atoms with Crippen molar-refractivity contribution >= 4 is 29.3 Å². The molecule has 0 spiro atoms. The second kappa shape index (κ2) is 4.75. The van der Waals surface area contributed by atoms with Gasteiger partial charge >= 0.3 is 0 Å². The van der Waals surface area contributed by atoms with Gasteiger partial charge in [0.2, 0.25) is 5.91 Å². The van der Waals surface area contributed by atoms with E-state index in [1.807, 2.05) is 11.8 Å². The van der Waals surface area contributed by atoms with Crippen molar-refractivity contribution in [3.63, 3.8) is 0 Å². The number of rotatable bonds is 4. The molecule has 2 nitrogen and oxygen atoms in total. The van der Waals surface area contributed by atoms with Crippen molar-refractivity contribution < 1.29 is 4.79 Å². The first-order valence-electron chi connectivity index (χ1n) is 5.28. The van der Waals surface area contributed by atoms with E-state index in [1.54, 1.807) is 0 Å². The molecule has 4 heteroatoms. The molecule has 0 N–H and O–H groups in total. The average molecular weight is 234 g/mol. The lowest BCUT2D eigenvalue weighted by Crippen LogP contribution is -2.42. The fourth-order valence-electron chi connectivity index (χ4n) is 2.01. The Morgan fingerprint density at radius 3 is 2.64 bits per heavy atom. The van der Waals surface area contributed by atoms with Crippen molar-refractivity contribution in [3.8, 4) is 0 Å². The van der Waals surface area contributed by atoms with Gasteiger partial charge in [-0.15, -0.1) is 11.6 Å². The van der Waals surface area contributed by atoms with Gasteiger partial charge in [0, 0.05) is 30.1 Å². The van der Waals surface area contributed by atoms with Crippen LogP contribution in [0, 0.1) is 0 Å². The molecular weight excluding hydrogens is 218 g/mol. The highest BCUT2D eigenvalue weighted by Crippen LogP contribution is 2.34. The number of hydrogen-bond acceptors (Lipinski definition) is 2. The molecule has 80 valence electrons. The highest BCUT2D eigenvalue weighted by molar-refractivity contribution is 7.99. The highest BCUT2D eigenvalue weighted by atomic mass is 35.5. The van der Waals surface area contributed by atoms with Crippen molar-refractivity contribution in [2.24, 2.45) is 0 Å². The molecule has 2 aliphatic rings. The Balaban J connectivity index is 1.95. The summed E-state index contributed by atoms with van der Waals surface area (Å²) in [5.41, 5.74) is 0. The molecule has 0 aromatic heterocycles. The van der Waals surface area contributed by atoms with Gasteiger partial charge in [0.25, 0.3) is 0 Å². The number of halogens is 1. The van der Waals surface area contributed by atoms with E-state index < -0.39 is 0 Å². The summed E-state index contributed by atoms with van der Waals surface area (Å²) < 4.78 is 0. The van der Waals surface area contributed by atoms with Crippen LogP contribution in [0.25, 0.3) is 0 Å². The summed E-state index contributed by atoms with van der Waals surface area (Å²) in [4.78, 5) is 14.0. The number of thioether (sulfide) groups is 1. The molecule has 0 aromatic carbocycles. The topological polar surface area (TPSA) is 20.3 Å². The summed E-state index contributed by atoms with van der Waals surface area (Å²) in [6.07, 6.45) is 4.10. The second-order valence-electron chi connectivity index (χ2n) is 3.99. The van der Waals surface area contributed by atoms with Crippen LogP contribution in [0.2, 0.25) is 0 Å². The van der Waals surface area contributed by atoms with Crippen LogP contribution in [0.3, 0.4) is 0 Å². The molecule has 0 aromatic rings. The standard InChI is InChI=1S/C10H16ClNOS/c11-5-3-10(13)12(8-1-2-8)9-4-6-14-7-9/h8-9H,1-7H2/t9-/m1/s1. The normalized spacial score (nSPS) is 26.5. The van der Waals surface area contributed by atoms with Gasteiger partial charge in [-0.2, -0.15) is 11.8 Å². The van der Waals surface area contributed by atoms with Crippen LogP contribution in [-0.2, 0) is 4.79 Å². The maximum atomic E-state index is 11.8. The molecule has 2 fully saturated rings. The lowest BCUT2D eigenvalue weighted by molar-refractivity contribution is -0.133. The van der Waals surface area contributed by atoms with E-state index in [1.165, 1.54) is 25.0 Å². The number of hydrogen-bond donors (Lipinski definition) is 0. The minimum Gasteiger partial charge on any atom is -0.336 e. The van der Waals surface area contributed by atoms with Crippen molar-refractivity contribution in [1.82, 2.24) is 4.90 Å². The van der Waals surface area contributed by atoms with Crippen LogP contribution < -0.4 is 0 Å². The molecule has 1 aliphatic carbocycles. The van der Waals surface area contributed by atoms with Gasteiger partial charge in [-0.3, -0.25) is 4.79 Å². The minimum atomic E-state index is 0.273. The molecule has 1 aliphatic heterocycles. The van der Waals surface area contributed by atoms with Crippen LogP contribution in [-0.4, -0.2) is 40.3 Å². The number of amides is 1. The largest absolute Gasteiger partial charge is 0.336 e. The molecule has 1 atom stereocenters. The molecule has 0 radical (unpaired) electrons. The molecular formula is C10H16ClNOS. The molecule has 14 heavy (non-hydrogen) atoms. The van der Waals surface area contributed by atoms with Crippen LogP contribution in [0.15, 0.2) is 0 Å². The molecule has 1 amide bonds. The van der Waals surface area contributed by atoms with Crippen molar-refractivity contribution in [2.75, 3.05) is 17.4 Å². The van der Waals surface area contributed by atoms with Crippen molar-refractivity contribution in [1.29, 1.82) is 0 Å². The van der Waals surface area contributed by atoms with Crippen LogP contribution in [0.5, 0.6) is 0 Å². The molecule has 0 bridgehead atoms. The summed E-state index contributed by atoms with van der Waals surface area (Å²) in [5, 5.41) is 0. The van der Waals surface area contributed by atoms with Gasteiger partial charge in [-0.25, -0.2) is 0 Å². The molecule has 1 saturated heterocycles. The van der Waals surface area contributed by atoms with Crippen LogP contribution in [0.4, 0.5) is 0 Å². The monoisotopic (exact) mass is 233 g/mol. The Morgan fingerprint density at radius 1 is 1.36 bits per heavy atom. The summed E-state index contributed by atoms with van der Waals surface area (Å²) >= 11 is 7.58. The zero-order valence-electron chi connectivity index (χ0n) is 8.25. The predicted octanol–water partition coefficient (Wildman–Crippen LogP) is 2.11. The number of carbonyl (C=O) groups is 1. The Kier molecular flexibility index (Phi) is 3.61. The van der Waals surface area contributed by atoms with Crippen molar-refractivity contribution in [3.05, 3.63) is 0 Å². The Morgan fingerprint density at radius 2 is 2.14 bits per heavy atom. The predicted molar refractivity (Wildman–Crippen MR) is 60.9 cm³/mol. The Bertz CT molecular complexity index is 214. The smallest absolute Gasteiger partial charge is 0.224 e. The fraction of sp³-hybridized carbons (Fsp3) is 0.900. The van der Waals surface area contributed by atoms with Gasteiger partial charge in [-0.1, -0.05) is 0 Å². The zero-order chi connectivity index (χ0) is 9.97. The Labute approximate surface area is 94.4 Å². The number of nitrogens with zero attached hydrogens (tertiary/aromatic N) is 1. The lowest BCUT2D eigenvalue weighted by atomic mass is 10.2.